The molecular weight excluding hydrogens is 390 g/mol. The van der Waals surface area contributed by atoms with Crippen LogP contribution in [-0.4, -0.2) is 50.4 Å². The van der Waals surface area contributed by atoms with Crippen LogP contribution in [0.5, 0.6) is 0 Å². The molecule has 1 atom stereocenters. The van der Waals surface area contributed by atoms with Crippen LogP contribution in [0.15, 0.2) is 42.5 Å². The van der Waals surface area contributed by atoms with Gasteiger partial charge < -0.3 is 15.5 Å². The van der Waals surface area contributed by atoms with Crippen LogP contribution in [0.1, 0.15) is 24.4 Å². The van der Waals surface area contributed by atoms with Crippen LogP contribution in [0, 0.1) is 11.6 Å². The summed E-state index contributed by atoms with van der Waals surface area (Å²) in [7, 11) is 3.93. The predicted molar refractivity (Wildman–Crippen MR) is 112 cm³/mol. The van der Waals surface area contributed by atoms with Crippen molar-refractivity contribution in [2.45, 2.75) is 18.9 Å². The number of halogens is 2. The zero-order valence-corrected chi connectivity index (χ0v) is 17.1. The Labute approximate surface area is 174 Å². The fourth-order valence-electron chi connectivity index (χ4n) is 3.55. The fourth-order valence-corrected chi connectivity index (χ4v) is 3.55. The minimum Gasteiger partial charge on any atom is -0.378 e. The summed E-state index contributed by atoms with van der Waals surface area (Å²) in [5.41, 5.74) is 1.74. The van der Waals surface area contributed by atoms with E-state index in [9.17, 15) is 18.4 Å². The van der Waals surface area contributed by atoms with E-state index < -0.39 is 23.4 Å². The van der Waals surface area contributed by atoms with Crippen molar-refractivity contribution in [3.63, 3.8) is 0 Å². The van der Waals surface area contributed by atoms with Crippen LogP contribution in [0.2, 0.25) is 0 Å². The van der Waals surface area contributed by atoms with E-state index in [-0.39, 0.29) is 18.3 Å². The quantitative estimate of drug-likeness (QED) is 0.711. The van der Waals surface area contributed by atoms with Gasteiger partial charge in [0.05, 0.1) is 11.7 Å². The van der Waals surface area contributed by atoms with E-state index in [2.05, 4.69) is 15.5 Å². The van der Waals surface area contributed by atoms with Gasteiger partial charge in [-0.05, 0) is 55.8 Å². The second kappa shape index (κ2) is 9.67. The standard InChI is InChI=1S/C22H26F2N4O2/c1-27(2)17-8-5-15(6-9-17)20(28-11-3-4-12-28)14-25-21(29)22(30)26-19-13-16(23)7-10-18(19)24/h5-10,13,20H,3-4,11-12,14H2,1-2H3,(H,25,29)(H,26,30)/t20-/m1/s1. The monoisotopic (exact) mass is 416 g/mol. The molecular formula is C22H26F2N4O2. The lowest BCUT2D eigenvalue weighted by molar-refractivity contribution is -0.136. The molecule has 160 valence electrons. The number of carbonyl (C=O) groups is 2. The summed E-state index contributed by atoms with van der Waals surface area (Å²) in [6, 6.07) is 10.7. The lowest BCUT2D eigenvalue weighted by atomic mass is 10.0. The molecule has 0 aliphatic carbocycles. The first-order valence-corrected chi connectivity index (χ1v) is 9.90. The fraction of sp³-hybridized carbons (Fsp3) is 0.364. The van der Waals surface area contributed by atoms with Gasteiger partial charge in [0.15, 0.2) is 0 Å². The van der Waals surface area contributed by atoms with E-state index in [1.807, 2.05) is 43.3 Å². The van der Waals surface area contributed by atoms with Gasteiger partial charge in [0.2, 0.25) is 0 Å². The van der Waals surface area contributed by atoms with Crippen LogP contribution in [0.4, 0.5) is 20.2 Å². The summed E-state index contributed by atoms with van der Waals surface area (Å²) in [6.07, 6.45) is 2.17. The Kier molecular flexibility index (Phi) is 6.99. The van der Waals surface area contributed by atoms with Gasteiger partial charge in [-0.1, -0.05) is 12.1 Å². The molecule has 8 heteroatoms. The van der Waals surface area contributed by atoms with Crippen LogP contribution >= 0.6 is 0 Å². The minimum absolute atomic E-state index is 0.0774. The number of rotatable bonds is 6. The van der Waals surface area contributed by atoms with Crippen molar-refractivity contribution < 1.29 is 18.4 Å². The minimum atomic E-state index is -1.04. The normalized spacial score (nSPS) is 14.9. The average molecular weight is 416 g/mol. The third-order valence-corrected chi connectivity index (χ3v) is 5.21. The molecule has 0 unspecified atom stereocenters. The molecule has 1 saturated heterocycles. The van der Waals surface area contributed by atoms with Crippen molar-refractivity contribution in [3.05, 3.63) is 59.7 Å². The summed E-state index contributed by atoms with van der Waals surface area (Å²) in [4.78, 5) is 28.7. The topological polar surface area (TPSA) is 64.7 Å². The highest BCUT2D eigenvalue weighted by Crippen LogP contribution is 2.26. The maximum atomic E-state index is 13.7. The molecule has 0 bridgehead atoms. The number of amides is 2. The highest BCUT2D eigenvalue weighted by atomic mass is 19.1. The number of hydrogen-bond acceptors (Lipinski definition) is 4. The third-order valence-electron chi connectivity index (χ3n) is 5.21. The van der Waals surface area contributed by atoms with Gasteiger partial charge >= 0.3 is 11.8 Å². The van der Waals surface area contributed by atoms with Crippen LogP contribution < -0.4 is 15.5 Å². The molecule has 0 spiro atoms. The van der Waals surface area contributed by atoms with Crippen molar-refractivity contribution in [1.29, 1.82) is 0 Å². The maximum absolute atomic E-state index is 13.7. The number of likely N-dealkylation sites (tertiary alicyclic amines) is 1. The first kappa shape index (κ1) is 21.7. The van der Waals surface area contributed by atoms with Gasteiger partial charge in [-0.3, -0.25) is 14.5 Å². The van der Waals surface area contributed by atoms with E-state index in [0.717, 1.165) is 55.4 Å². The molecule has 2 aromatic rings. The smallest absolute Gasteiger partial charge is 0.313 e. The Morgan fingerprint density at radius 2 is 1.70 bits per heavy atom. The maximum Gasteiger partial charge on any atom is 0.313 e. The van der Waals surface area contributed by atoms with E-state index in [1.165, 1.54) is 0 Å². The van der Waals surface area contributed by atoms with Crippen molar-refractivity contribution >= 4 is 23.2 Å². The molecule has 2 amide bonds. The highest BCUT2D eigenvalue weighted by molar-refractivity contribution is 6.39. The summed E-state index contributed by atoms with van der Waals surface area (Å²) < 4.78 is 27.0. The molecule has 0 saturated carbocycles. The first-order valence-electron chi connectivity index (χ1n) is 9.90. The van der Waals surface area contributed by atoms with Crippen LogP contribution in [0.25, 0.3) is 0 Å². The Hall–Kier alpha value is -3.00. The number of carbonyl (C=O) groups excluding carboxylic acids is 2. The summed E-state index contributed by atoms with van der Waals surface area (Å²) in [6.45, 7) is 2.06. The Morgan fingerprint density at radius 1 is 1.03 bits per heavy atom. The third kappa shape index (κ3) is 5.33. The van der Waals surface area contributed by atoms with Gasteiger partial charge in [-0.2, -0.15) is 0 Å². The molecule has 30 heavy (non-hydrogen) atoms. The van der Waals surface area contributed by atoms with Crippen molar-refractivity contribution in [3.8, 4) is 0 Å². The molecule has 1 heterocycles. The zero-order valence-electron chi connectivity index (χ0n) is 17.1. The largest absolute Gasteiger partial charge is 0.378 e. The van der Waals surface area contributed by atoms with Gasteiger partial charge in [0.25, 0.3) is 0 Å². The van der Waals surface area contributed by atoms with Gasteiger partial charge in [-0.25, -0.2) is 8.78 Å². The predicted octanol–water partition coefficient (Wildman–Crippen LogP) is 2.92. The average Bonchev–Trinajstić information content (AvgIpc) is 3.25. The van der Waals surface area contributed by atoms with Gasteiger partial charge in [0, 0.05) is 32.4 Å². The molecule has 6 nitrogen and oxygen atoms in total. The van der Waals surface area contributed by atoms with Crippen LogP contribution in [-0.2, 0) is 9.59 Å². The van der Waals surface area contributed by atoms with Crippen molar-refractivity contribution in [2.24, 2.45) is 0 Å². The molecule has 1 fully saturated rings. The number of anilines is 2. The number of benzene rings is 2. The van der Waals surface area contributed by atoms with E-state index in [4.69, 9.17) is 0 Å². The van der Waals surface area contributed by atoms with Crippen molar-refractivity contribution in [1.82, 2.24) is 10.2 Å². The summed E-state index contributed by atoms with van der Waals surface area (Å²) in [5.74, 6) is -3.45. The first-order chi connectivity index (χ1) is 14.3. The zero-order chi connectivity index (χ0) is 21.7. The summed E-state index contributed by atoms with van der Waals surface area (Å²) in [5, 5.41) is 4.75. The summed E-state index contributed by atoms with van der Waals surface area (Å²) >= 11 is 0. The van der Waals surface area contributed by atoms with Crippen molar-refractivity contribution in [2.75, 3.05) is 43.9 Å². The Bertz CT molecular complexity index is 897. The molecule has 1 aliphatic rings. The lowest BCUT2D eigenvalue weighted by Gasteiger charge is -2.28. The highest BCUT2D eigenvalue weighted by Gasteiger charge is 2.25. The Balaban J connectivity index is 1.66. The Morgan fingerprint density at radius 3 is 2.33 bits per heavy atom. The molecule has 2 aromatic carbocycles. The second-order valence-electron chi connectivity index (χ2n) is 7.53. The molecule has 2 N–H and O–H groups in total. The van der Waals surface area contributed by atoms with E-state index in [1.54, 1.807) is 0 Å². The SMILES string of the molecule is CN(C)c1ccc([C@@H](CNC(=O)C(=O)Nc2cc(F)ccc2F)N2CCCC2)cc1. The van der Waals surface area contributed by atoms with Gasteiger partial charge in [-0.15, -0.1) is 0 Å². The molecule has 0 radical (unpaired) electrons. The van der Waals surface area contributed by atoms with E-state index >= 15 is 0 Å². The number of nitrogens with one attached hydrogen (secondary N) is 2. The van der Waals surface area contributed by atoms with E-state index in [0.29, 0.717) is 0 Å². The second-order valence-corrected chi connectivity index (χ2v) is 7.53. The molecule has 0 aromatic heterocycles. The lowest BCUT2D eigenvalue weighted by Crippen LogP contribution is -2.41. The number of hydrogen-bond donors (Lipinski definition) is 2. The number of nitrogens with zero attached hydrogens (tertiary/aromatic N) is 2. The van der Waals surface area contributed by atoms with Gasteiger partial charge in [0.1, 0.15) is 11.6 Å². The molecule has 1 aliphatic heterocycles. The van der Waals surface area contributed by atoms with Crippen LogP contribution in [0.3, 0.4) is 0 Å². The molecule has 3 rings (SSSR count).